The largest absolute Gasteiger partial charge is 0.393 e. The molecule has 0 amide bonds. The van der Waals surface area contributed by atoms with Crippen molar-refractivity contribution in [1.29, 1.82) is 0 Å². The molecular formula is C24H32O6. The van der Waals surface area contributed by atoms with Gasteiger partial charge >= 0.3 is 0 Å². The fourth-order valence-electron chi connectivity index (χ4n) is 8.04. The first kappa shape index (κ1) is 20.6. The second kappa shape index (κ2) is 6.12. The molecule has 0 bridgehead atoms. The van der Waals surface area contributed by atoms with Gasteiger partial charge in [-0.3, -0.25) is 9.59 Å². The maximum Gasteiger partial charge on any atom is 0.193 e. The van der Waals surface area contributed by atoms with Crippen molar-refractivity contribution in [1.82, 2.24) is 0 Å². The molecule has 1 heterocycles. The fourth-order valence-corrected chi connectivity index (χ4v) is 8.04. The Bertz CT molecular complexity index is 873. The Morgan fingerprint density at radius 3 is 2.70 bits per heavy atom. The van der Waals surface area contributed by atoms with Gasteiger partial charge in [0.15, 0.2) is 23.0 Å². The highest BCUT2D eigenvalue weighted by Gasteiger charge is 2.76. The van der Waals surface area contributed by atoms with Crippen LogP contribution >= 0.6 is 0 Å². The second-order valence-electron chi connectivity index (χ2n) is 10.9. The molecule has 0 aromatic heterocycles. The molecule has 164 valence electrons. The quantitative estimate of drug-likeness (QED) is 0.668. The molecule has 8 atom stereocenters. The summed E-state index contributed by atoms with van der Waals surface area (Å²) in [6.45, 7) is 7.19. The molecular weight excluding hydrogens is 387 g/mol. The minimum atomic E-state index is -1.24. The molecule has 3 saturated carbocycles. The van der Waals surface area contributed by atoms with Gasteiger partial charge in [-0.25, -0.2) is 0 Å². The third-order valence-electron chi connectivity index (χ3n) is 9.05. The summed E-state index contributed by atoms with van der Waals surface area (Å²) in [6.07, 6.45) is 7.04. The minimum absolute atomic E-state index is 0.0167. The number of Topliss-reactive ketones (excluding diaryl/α,β-unsaturated/α-hetero) is 1. The highest BCUT2D eigenvalue weighted by Crippen LogP contribution is 2.70. The van der Waals surface area contributed by atoms with Gasteiger partial charge in [0.2, 0.25) is 0 Å². The van der Waals surface area contributed by atoms with Gasteiger partial charge in [0, 0.05) is 16.7 Å². The van der Waals surface area contributed by atoms with Crippen molar-refractivity contribution >= 4 is 11.6 Å². The van der Waals surface area contributed by atoms with Gasteiger partial charge in [0.05, 0.1) is 12.2 Å². The summed E-state index contributed by atoms with van der Waals surface area (Å²) in [5, 5.41) is 21.3. The second-order valence-corrected chi connectivity index (χ2v) is 10.9. The monoisotopic (exact) mass is 419 g/mol. The summed E-state index contributed by atoms with van der Waals surface area (Å²) in [4.78, 5) is 25.1. The molecule has 6 heteroatoms. The molecule has 0 spiro atoms. The molecule has 1 saturated heterocycles. The van der Waals surface area contributed by atoms with E-state index in [1.807, 2.05) is 13.0 Å². The van der Waals surface area contributed by atoms with Crippen LogP contribution in [0.5, 0.6) is 0 Å². The molecule has 1 aliphatic heterocycles. The van der Waals surface area contributed by atoms with E-state index in [1.54, 1.807) is 26.0 Å². The minimum Gasteiger partial charge on any atom is -0.393 e. The van der Waals surface area contributed by atoms with Gasteiger partial charge in [0.1, 0.15) is 6.61 Å². The molecule has 0 aromatic rings. The van der Waals surface area contributed by atoms with Crippen molar-refractivity contribution < 1.29 is 29.3 Å². The van der Waals surface area contributed by atoms with Crippen LogP contribution in [-0.4, -0.2) is 52.0 Å². The number of carbonyl (C=O) groups is 2. The highest BCUT2D eigenvalue weighted by atomic mass is 16.9. The van der Waals surface area contributed by atoms with E-state index in [1.165, 1.54) is 0 Å². The Kier molecular flexibility index (Phi) is 4.20. The molecule has 2 N–H and O–H groups in total. The summed E-state index contributed by atoms with van der Waals surface area (Å²) >= 11 is 0. The zero-order valence-electron chi connectivity index (χ0n) is 18.2. The smallest absolute Gasteiger partial charge is 0.193 e. The molecule has 6 nitrogen and oxygen atoms in total. The van der Waals surface area contributed by atoms with Crippen LogP contribution in [0.1, 0.15) is 53.4 Å². The number of ketones is 2. The van der Waals surface area contributed by atoms with E-state index in [2.05, 4.69) is 6.92 Å². The normalized spacial score (nSPS) is 50.9. The maximum atomic E-state index is 13.2. The number of aliphatic hydroxyl groups is 2. The molecule has 0 unspecified atom stereocenters. The van der Waals surface area contributed by atoms with E-state index >= 15 is 0 Å². The van der Waals surface area contributed by atoms with Gasteiger partial charge in [0.25, 0.3) is 0 Å². The summed E-state index contributed by atoms with van der Waals surface area (Å²) < 4.78 is 12.6. The highest BCUT2D eigenvalue weighted by molar-refractivity contribution is 6.01. The van der Waals surface area contributed by atoms with Crippen molar-refractivity contribution in [3.05, 3.63) is 23.8 Å². The lowest BCUT2D eigenvalue weighted by molar-refractivity contribution is -0.225. The van der Waals surface area contributed by atoms with E-state index in [4.69, 9.17) is 9.47 Å². The number of aliphatic hydroxyl groups excluding tert-OH is 2. The number of hydrogen-bond acceptors (Lipinski definition) is 6. The number of rotatable bonds is 2. The standard InChI is InChI=1S/C24H32O6/c1-21(2)29-19-10-16-15-6-5-13-9-14(26)7-8-22(13,3)20(15)17(27)11-23(16,4)24(19,30-21)18(28)12-25/h7-9,15-17,19-20,25,27H,5-6,10-12H2,1-4H3/t15-,16-,17-,19+,20+,22-,23-,24+/m0/s1/i1+1,2+1,21+1. The predicted octanol–water partition coefficient (Wildman–Crippen LogP) is 2.33. The number of fused-ring (bicyclic) bond motifs is 7. The van der Waals surface area contributed by atoms with Crippen LogP contribution in [0, 0.1) is 28.6 Å². The zero-order chi connectivity index (χ0) is 21.7. The number of hydrogen-bond donors (Lipinski definition) is 2. The van der Waals surface area contributed by atoms with Crippen LogP contribution in [0.25, 0.3) is 0 Å². The molecule has 5 rings (SSSR count). The number of carbonyl (C=O) groups excluding carboxylic acids is 2. The van der Waals surface area contributed by atoms with E-state index in [9.17, 15) is 19.8 Å². The van der Waals surface area contributed by atoms with Crippen molar-refractivity contribution in [3.8, 4) is 0 Å². The lowest BCUT2D eigenvalue weighted by Crippen LogP contribution is -2.63. The Labute approximate surface area is 177 Å². The maximum absolute atomic E-state index is 13.2. The molecule has 0 radical (unpaired) electrons. The lowest BCUT2D eigenvalue weighted by Gasteiger charge is -2.59. The van der Waals surface area contributed by atoms with Crippen molar-refractivity contribution in [3.63, 3.8) is 0 Å². The Morgan fingerprint density at radius 2 is 2.00 bits per heavy atom. The zero-order valence-corrected chi connectivity index (χ0v) is 18.2. The van der Waals surface area contributed by atoms with Crippen molar-refractivity contribution in [2.75, 3.05) is 6.61 Å². The fraction of sp³-hybridized carbons (Fsp3) is 0.750. The molecule has 0 aromatic carbocycles. The average Bonchev–Trinajstić information content (AvgIpc) is 3.07. The van der Waals surface area contributed by atoms with E-state index in [-0.39, 0.29) is 34.7 Å². The molecule has 4 fully saturated rings. The van der Waals surface area contributed by atoms with E-state index in [0.29, 0.717) is 12.8 Å². The van der Waals surface area contributed by atoms with E-state index in [0.717, 1.165) is 18.4 Å². The first-order valence-corrected chi connectivity index (χ1v) is 11.1. The van der Waals surface area contributed by atoms with Gasteiger partial charge < -0.3 is 19.7 Å². The van der Waals surface area contributed by atoms with Crippen LogP contribution in [0.4, 0.5) is 0 Å². The molecule has 30 heavy (non-hydrogen) atoms. The van der Waals surface area contributed by atoms with Gasteiger partial charge in [-0.2, -0.15) is 0 Å². The Balaban J connectivity index is 1.59. The summed E-state index contributed by atoms with van der Waals surface area (Å²) in [5.41, 5.74) is -1.12. The van der Waals surface area contributed by atoms with Gasteiger partial charge in [-0.1, -0.05) is 25.5 Å². The SMILES string of the molecule is C[C@]12C=CC(=O)C=C1CC[C@@H]1[C@@H]2[C@@H](O)C[C@@]2(C)[C@H]1C[C@H]1O[13C]([13CH3])([13CH3])O[C@]12C(=O)CO. The summed E-state index contributed by atoms with van der Waals surface area (Å²) in [6, 6.07) is 0. The lowest BCUT2D eigenvalue weighted by atomic mass is 9.46. The van der Waals surface area contributed by atoms with Crippen LogP contribution in [0.2, 0.25) is 0 Å². The molecule has 4 aliphatic carbocycles. The van der Waals surface area contributed by atoms with Crippen LogP contribution in [0.3, 0.4) is 0 Å². The van der Waals surface area contributed by atoms with Crippen LogP contribution in [0.15, 0.2) is 23.8 Å². The predicted molar refractivity (Wildman–Crippen MR) is 108 cm³/mol. The van der Waals surface area contributed by atoms with Crippen LogP contribution in [-0.2, 0) is 19.1 Å². The summed E-state index contributed by atoms with van der Waals surface area (Å²) in [5.74, 6) is -0.947. The topological polar surface area (TPSA) is 93.1 Å². The van der Waals surface area contributed by atoms with E-state index < -0.39 is 35.6 Å². The number of ether oxygens (including phenoxy) is 2. The first-order valence-electron chi connectivity index (χ1n) is 11.1. The van der Waals surface area contributed by atoms with Crippen molar-refractivity contribution in [2.45, 2.75) is 77.0 Å². The number of allylic oxidation sites excluding steroid dienone is 4. The molecule has 5 aliphatic rings. The summed E-state index contributed by atoms with van der Waals surface area (Å²) in [7, 11) is 0. The van der Waals surface area contributed by atoms with Gasteiger partial charge in [-0.15, -0.1) is 0 Å². The Hall–Kier alpha value is -1.34. The third-order valence-corrected chi connectivity index (χ3v) is 9.05. The first-order chi connectivity index (χ1) is 14.0. The average molecular weight is 419 g/mol. The Morgan fingerprint density at radius 1 is 1.27 bits per heavy atom. The van der Waals surface area contributed by atoms with Crippen LogP contribution < -0.4 is 0 Å². The third kappa shape index (κ3) is 2.34. The van der Waals surface area contributed by atoms with Crippen molar-refractivity contribution in [2.24, 2.45) is 28.6 Å². The van der Waals surface area contributed by atoms with Gasteiger partial charge in [-0.05, 0) is 63.5 Å².